The van der Waals surface area contributed by atoms with Crippen LogP contribution < -0.4 is 5.56 Å². The van der Waals surface area contributed by atoms with Crippen LogP contribution in [0.4, 0.5) is 0 Å². The van der Waals surface area contributed by atoms with Gasteiger partial charge in [0.05, 0.1) is 0 Å². The van der Waals surface area contributed by atoms with Crippen molar-refractivity contribution in [1.29, 1.82) is 0 Å². The third-order valence-corrected chi connectivity index (χ3v) is 2.80. The van der Waals surface area contributed by atoms with Crippen LogP contribution >= 0.6 is 0 Å². The lowest BCUT2D eigenvalue weighted by molar-refractivity contribution is 0.288. The summed E-state index contributed by atoms with van der Waals surface area (Å²) in [5.41, 5.74) is 1.14. The molecule has 3 nitrogen and oxygen atoms in total. The lowest BCUT2D eigenvalue weighted by atomic mass is 10.3. The van der Waals surface area contributed by atoms with E-state index < -0.39 is 0 Å². The predicted molar refractivity (Wildman–Crippen MR) is 63.2 cm³/mol. The monoisotopic (exact) mass is 208 g/mol. The zero-order valence-electron chi connectivity index (χ0n) is 9.86. The Morgan fingerprint density at radius 3 is 2.47 bits per heavy atom. The molecule has 0 radical (unpaired) electrons. The Kier molecular flexibility index (Phi) is 4.56. The van der Waals surface area contributed by atoms with Crippen molar-refractivity contribution in [3.8, 4) is 0 Å². The smallest absolute Gasteiger partial charge is 0.250 e. The zero-order valence-corrected chi connectivity index (χ0v) is 9.86. The van der Waals surface area contributed by atoms with E-state index >= 15 is 0 Å². The Labute approximate surface area is 91.3 Å². The normalized spacial score (nSPS) is 10.9. The molecule has 1 heterocycles. The Morgan fingerprint density at radius 2 is 1.93 bits per heavy atom. The van der Waals surface area contributed by atoms with E-state index in [1.54, 1.807) is 6.07 Å². The molecule has 84 valence electrons. The van der Waals surface area contributed by atoms with Crippen molar-refractivity contribution < 1.29 is 0 Å². The molecule has 1 aromatic rings. The van der Waals surface area contributed by atoms with Gasteiger partial charge in [0, 0.05) is 24.8 Å². The van der Waals surface area contributed by atoms with Gasteiger partial charge in [0.15, 0.2) is 0 Å². The summed E-state index contributed by atoms with van der Waals surface area (Å²) in [4.78, 5) is 13.9. The number of aryl methyl sites for hydroxylation is 1. The second-order valence-electron chi connectivity index (χ2n) is 3.68. The first-order valence-corrected chi connectivity index (χ1v) is 5.57. The van der Waals surface area contributed by atoms with Gasteiger partial charge in [0.2, 0.25) is 0 Å². The number of likely N-dealkylation sites (N-methyl/N-ethyl adjacent to an activating group) is 1. The van der Waals surface area contributed by atoms with Crippen LogP contribution in [0.5, 0.6) is 0 Å². The largest absolute Gasteiger partial charge is 0.312 e. The molecule has 0 saturated heterocycles. The van der Waals surface area contributed by atoms with E-state index in [2.05, 4.69) is 18.7 Å². The standard InChI is InChI=1S/C12H20N2O/c1-4-13(5-2)9-10-14-11(3)7-6-8-12(14)15/h6-8H,4-5,9-10H2,1-3H3. The van der Waals surface area contributed by atoms with Crippen LogP contribution in [0.25, 0.3) is 0 Å². The summed E-state index contributed by atoms with van der Waals surface area (Å²) in [5, 5.41) is 0. The van der Waals surface area contributed by atoms with Crippen LogP contribution in [0.15, 0.2) is 23.0 Å². The number of hydrogen-bond acceptors (Lipinski definition) is 2. The van der Waals surface area contributed by atoms with Crippen molar-refractivity contribution in [2.24, 2.45) is 0 Å². The molecule has 1 aromatic heterocycles. The number of nitrogens with zero attached hydrogens (tertiary/aromatic N) is 2. The molecule has 0 aromatic carbocycles. The van der Waals surface area contributed by atoms with Crippen molar-refractivity contribution in [1.82, 2.24) is 9.47 Å². The van der Waals surface area contributed by atoms with Gasteiger partial charge in [-0.25, -0.2) is 0 Å². The SMILES string of the molecule is CCN(CC)CCn1c(C)cccc1=O. The molecule has 0 aliphatic rings. The maximum Gasteiger partial charge on any atom is 0.250 e. The fourth-order valence-corrected chi connectivity index (χ4v) is 1.69. The Bertz CT molecular complexity index is 353. The van der Waals surface area contributed by atoms with Crippen LogP contribution in [0, 0.1) is 6.92 Å². The highest BCUT2D eigenvalue weighted by Crippen LogP contribution is 1.95. The first-order valence-electron chi connectivity index (χ1n) is 5.57. The van der Waals surface area contributed by atoms with Gasteiger partial charge in [0.25, 0.3) is 5.56 Å². The van der Waals surface area contributed by atoms with Gasteiger partial charge in [0.1, 0.15) is 0 Å². The first-order chi connectivity index (χ1) is 7.19. The minimum atomic E-state index is 0.0992. The van der Waals surface area contributed by atoms with Crippen molar-refractivity contribution in [2.45, 2.75) is 27.3 Å². The average molecular weight is 208 g/mol. The summed E-state index contributed by atoms with van der Waals surface area (Å²) in [6, 6.07) is 5.41. The third kappa shape index (κ3) is 3.20. The van der Waals surface area contributed by atoms with Crippen LogP contribution in [0.1, 0.15) is 19.5 Å². The zero-order chi connectivity index (χ0) is 11.3. The summed E-state index contributed by atoms with van der Waals surface area (Å²) < 4.78 is 1.83. The van der Waals surface area contributed by atoms with E-state index in [0.717, 1.165) is 31.9 Å². The van der Waals surface area contributed by atoms with E-state index in [4.69, 9.17) is 0 Å². The van der Waals surface area contributed by atoms with Gasteiger partial charge < -0.3 is 9.47 Å². The number of aromatic nitrogens is 1. The lowest BCUT2D eigenvalue weighted by Gasteiger charge is -2.19. The maximum atomic E-state index is 11.6. The van der Waals surface area contributed by atoms with E-state index in [1.165, 1.54) is 0 Å². The second-order valence-corrected chi connectivity index (χ2v) is 3.68. The number of pyridine rings is 1. The quantitative estimate of drug-likeness (QED) is 0.732. The minimum absolute atomic E-state index is 0.0992. The molecule has 0 spiro atoms. The van der Waals surface area contributed by atoms with E-state index in [9.17, 15) is 4.79 Å². The molecule has 3 heteroatoms. The molecule has 0 bridgehead atoms. The molecule has 1 rings (SSSR count). The van der Waals surface area contributed by atoms with Crippen molar-refractivity contribution in [2.75, 3.05) is 19.6 Å². The Balaban J connectivity index is 2.69. The molecule has 15 heavy (non-hydrogen) atoms. The summed E-state index contributed by atoms with van der Waals surface area (Å²) >= 11 is 0. The van der Waals surface area contributed by atoms with Crippen molar-refractivity contribution in [3.05, 3.63) is 34.2 Å². The van der Waals surface area contributed by atoms with E-state index in [1.807, 2.05) is 23.6 Å². The highest BCUT2D eigenvalue weighted by molar-refractivity contribution is 5.04. The number of hydrogen-bond donors (Lipinski definition) is 0. The maximum absolute atomic E-state index is 11.6. The molecule has 0 aliphatic heterocycles. The topological polar surface area (TPSA) is 25.2 Å². The minimum Gasteiger partial charge on any atom is -0.312 e. The summed E-state index contributed by atoms with van der Waals surface area (Å²) in [5.74, 6) is 0. The molecule has 0 N–H and O–H groups in total. The molecule has 0 fully saturated rings. The van der Waals surface area contributed by atoms with E-state index in [0.29, 0.717) is 0 Å². The van der Waals surface area contributed by atoms with Crippen molar-refractivity contribution >= 4 is 0 Å². The fraction of sp³-hybridized carbons (Fsp3) is 0.583. The Hall–Kier alpha value is -1.09. The highest BCUT2D eigenvalue weighted by Gasteiger charge is 2.02. The van der Waals surface area contributed by atoms with Crippen molar-refractivity contribution in [3.63, 3.8) is 0 Å². The van der Waals surface area contributed by atoms with Crippen LogP contribution in [-0.4, -0.2) is 29.1 Å². The predicted octanol–water partition coefficient (Wildman–Crippen LogP) is 1.50. The molecular weight excluding hydrogens is 188 g/mol. The highest BCUT2D eigenvalue weighted by atomic mass is 16.1. The summed E-state index contributed by atoms with van der Waals surface area (Å²) in [6.45, 7) is 10.1. The number of rotatable bonds is 5. The van der Waals surface area contributed by atoms with Crippen LogP contribution in [-0.2, 0) is 6.54 Å². The van der Waals surface area contributed by atoms with Gasteiger partial charge in [-0.2, -0.15) is 0 Å². The van der Waals surface area contributed by atoms with Gasteiger partial charge in [-0.05, 0) is 26.1 Å². The lowest BCUT2D eigenvalue weighted by Crippen LogP contribution is -2.31. The first kappa shape index (κ1) is 12.0. The van der Waals surface area contributed by atoms with Gasteiger partial charge >= 0.3 is 0 Å². The summed E-state index contributed by atoms with van der Waals surface area (Å²) in [7, 11) is 0. The van der Waals surface area contributed by atoms with Gasteiger partial charge in [-0.15, -0.1) is 0 Å². The van der Waals surface area contributed by atoms with Gasteiger partial charge in [-0.3, -0.25) is 4.79 Å². The molecule has 0 saturated carbocycles. The summed E-state index contributed by atoms with van der Waals surface area (Å²) in [6.07, 6.45) is 0. The Morgan fingerprint density at radius 1 is 1.27 bits per heavy atom. The fourth-order valence-electron chi connectivity index (χ4n) is 1.69. The molecule has 0 unspecified atom stereocenters. The third-order valence-electron chi connectivity index (χ3n) is 2.80. The molecular formula is C12H20N2O. The molecule has 0 aliphatic carbocycles. The van der Waals surface area contributed by atoms with Crippen LogP contribution in [0.3, 0.4) is 0 Å². The van der Waals surface area contributed by atoms with Gasteiger partial charge in [-0.1, -0.05) is 19.9 Å². The molecule has 0 amide bonds. The average Bonchev–Trinajstić information content (AvgIpc) is 2.23. The second kappa shape index (κ2) is 5.71. The molecule has 0 atom stereocenters. The van der Waals surface area contributed by atoms with Crippen LogP contribution in [0.2, 0.25) is 0 Å². The van der Waals surface area contributed by atoms with E-state index in [-0.39, 0.29) is 5.56 Å².